The van der Waals surface area contributed by atoms with Crippen LogP contribution in [-0.4, -0.2) is 40.9 Å². The fourth-order valence-electron chi connectivity index (χ4n) is 4.23. The number of fused-ring (bicyclic) bond motifs is 2. The molecular weight excluding hydrogens is 462 g/mol. The highest BCUT2D eigenvalue weighted by atomic mass is 16.7. The van der Waals surface area contributed by atoms with Crippen molar-refractivity contribution < 1.29 is 24.2 Å². The van der Waals surface area contributed by atoms with Crippen molar-refractivity contribution in [2.45, 2.75) is 46.2 Å². The minimum Gasteiger partial charge on any atom is -0.508 e. The zero-order valence-electron chi connectivity index (χ0n) is 20.7. The second-order valence-electron chi connectivity index (χ2n) is 8.92. The van der Waals surface area contributed by atoms with Crippen molar-refractivity contribution in [3.05, 3.63) is 63.9 Å². The lowest BCUT2D eigenvalue weighted by atomic mass is 9.97. The molecule has 0 fully saturated rings. The summed E-state index contributed by atoms with van der Waals surface area (Å²) in [5.41, 5.74) is 1.15. The van der Waals surface area contributed by atoms with Crippen LogP contribution in [0.3, 0.4) is 0 Å². The van der Waals surface area contributed by atoms with Gasteiger partial charge in [-0.15, -0.1) is 0 Å². The first-order chi connectivity index (χ1) is 17.3. The summed E-state index contributed by atoms with van der Waals surface area (Å²) in [6.45, 7) is 6.73. The number of amides is 2. The van der Waals surface area contributed by atoms with Crippen molar-refractivity contribution in [1.29, 1.82) is 0 Å². The number of benzene rings is 2. The summed E-state index contributed by atoms with van der Waals surface area (Å²) < 4.78 is 12.7. The lowest BCUT2D eigenvalue weighted by Crippen LogP contribution is -2.51. The maximum atomic E-state index is 13.3. The molecule has 1 aliphatic heterocycles. The summed E-state index contributed by atoms with van der Waals surface area (Å²) in [4.78, 5) is 39.6. The molecule has 0 bridgehead atoms. The lowest BCUT2D eigenvalue weighted by molar-refractivity contribution is -0.124. The number of ether oxygens (including phenoxy) is 2. The van der Waals surface area contributed by atoms with Gasteiger partial charge in [0.05, 0.1) is 10.9 Å². The molecule has 36 heavy (non-hydrogen) atoms. The molecule has 2 aromatic carbocycles. The lowest BCUT2D eigenvalue weighted by Gasteiger charge is -2.24. The first-order valence-corrected chi connectivity index (χ1v) is 12.2. The maximum Gasteiger partial charge on any atom is 0.257 e. The van der Waals surface area contributed by atoms with Crippen LogP contribution in [-0.2, 0) is 17.8 Å². The Morgan fingerprint density at radius 3 is 2.47 bits per heavy atom. The van der Waals surface area contributed by atoms with Gasteiger partial charge in [-0.3, -0.25) is 14.4 Å². The summed E-state index contributed by atoms with van der Waals surface area (Å²) in [6, 6.07) is 9.32. The Labute approximate surface area is 209 Å². The van der Waals surface area contributed by atoms with Crippen molar-refractivity contribution in [1.82, 2.24) is 15.2 Å². The molecule has 0 saturated carbocycles. The smallest absolute Gasteiger partial charge is 0.257 e. The van der Waals surface area contributed by atoms with Crippen LogP contribution in [0.1, 0.15) is 43.1 Å². The van der Waals surface area contributed by atoms with E-state index < -0.39 is 17.4 Å². The van der Waals surface area contributed by atoms with E-state index in [1.165, 1.54) is 6.20 Å². The first-order valence-electron chi connectivity index (χ1n) is 12.2. The summed E-state index contributed by atoms with van der Waals surface area (Å²) >= 11 is 0. The SMILES string of the molecule is CC[C@H](C)[C@H](NC(=O)c1cn(CC)c2cc3c(cc2c1=O)OCO3)C(=O)NCCc1ccc(O)cc1. The molecular formula is C27H31N3O6. The van der Waals surface area contributed by atoms with Gasteiger partial charge >= 0.3 is 0 Å². The van der Waals surface area contributed by atoms with Crippen LogP contribution in [0.25, 0.3) is 10.9 Å². The molecule has 0 radical (unpaired) electrons. The van der Waals surface area contributed by atoms with Crippen molar-refractivity contribution in [3.8, 4) is 17.2 Å². The van der Waals surface area contributed by atoms with Gasteiger partial charge in [0.1, 0.15) is 17.4 Å². The number of rotatable bonds is 9. The van der Waals surface area contributed by atoms with Crippen LogP contribution in [0, 0.1) is 5.92 Å². The van der Waals surface area contributed by atoms with E-state index in [-0.39, 0.29) is 29.9 Å². The predicted octanol–water partition coefficient (Wildman–Crippen LogP) is 2.96. The van der Waals surface area contributed by atoms with E-state index in [1.807, 2.05) is 25.3 Å². The van der Waals surface area contributed by atoms with Gasteiger partial charge in [-0.25, -0.2) is 0 Å². The number of carbonyl (C=O) groups is 2. The van der Waals surface area contributed by atoms with Gasteiger partial charge in [0.15, 0.2) is 11.5 Å². The molecule has 0 saturated heterocycles. The van der Waals surface area contributed by atoms with E-state index in [0.717, 1.165) is 5.56 Å². The Balaban J connectivity index is 1.54. The molecule has 9 heteroatoms. The minimum absolute atomic E-state index is 0.0339. The van der Waals surface area contributed by atoms with Gasteiger partial charge in [-0.05, 0) is 43.0 Å². The number of nitrogens with zero attached hydrogens (tertiary/aromatic N) is 1. The van der Waals surface area contributed by atoms with E-state index in [2.05, 4.69) is 10.6 Å². The van der Waals surface area contributed by atoms with Gasteiger partial charge in [-0.1, -0.05) is 32.4 Å². The zero-order chi connectivity index (χ0) is 25.8. The molecule has 0 spiro atoms. The Bertz CT molecular complexity index is 1330. The summed E-state index contributed by atoms with van der Waals surface area (Å²) in [6.07, 6.45) is 2.77. The van der Waals surface area contributed by atoms with Crippen molar-refractivity contribution in [3.63, 3.8) is 0 Å². The van der Waals surface area contributed by atoms with Gasteiger partial charge in [-0.2, -0.15) is 0 Å². The first kappa shape index (κ1) is 25.1. The number of phenols is 1. The third-order valence-electron chi connectivity index (χ3n) is 6.59. The van der Waals surface area contributed by atoms with Gasteiger partial charge in [0, 0.05) is 25.4 Å². The van der Waals surface area contributed by atoms with Crippen molar-refractivity contribution >= 4 is 22.7 Å². The van der Waals surface area contributed by atoms with Crippen LogP contribution < -0.4 is 25.5 Å². The standard InChI is InChI=1S/C27H31N3O6/c1-4-16(3)24(27(34)28-11-10-17-6-8-18(31)9-7-17)29-26(33)20-14-30(5-2)21-13-23-22(35-15-36-23)12-19(21)25(20)32/h6-9,12-14,16,24,31H,4-5,10-11,15H2,1-3H3,(H,28,34)(H,29,33)/t16-,24-/m0/s1. The molecule has 3 aromatic rings. The number of pyridine rings is 1. The topological polar surface area (TPSA) is 119 Å². The number of hydrogen-bond acceptors (Lipinski definition) is 6. The zero-order valence-corrected chi connectivity index (χ0v) is 20.7. The van der Waals surface area contributed by atoms with Gasteiger partial charge in [0.2, 0.25) is 18.1 Å². The molecule has 0 unspecified atom stereocenters. The number of hydrogen-bond donors (Lipinski definition) is 3. The molecule has 3 N–H and O–H groups in total. The summed E-state index contributed by atoms with van der Waals surface area (Å²) in [7, 11) is 0. The van der Waals surface area contributed by atoms with Gasteiger partial charge < -0.3 is 29.8 Å². The van der Waals surface area contributed by atoms with Gasteiger partial charge in [0.25, 0.3) is 5.91 Å². The highest BCUT2D eigenvalue weighted by molar-refractivity contribution is 6.00. The molecule has 0 aliphatic carbocycles. The molecule has 9 nitrogen and oxygen atoms in total. The van der Waals surface area contributed by atoms with Crippen LogP contribution in [0.5, 0.6) is 17.2 Å². The van der Waals surface area contributed by atoms with E-state index in [1.54, 1.807) is 36.4 Å². The molecule has 2 heterocycles. The molecule has 1 aromatic heterocycles. The quantitative estimate of drug-likeness (QED) is 0.422. The molecule has 190 valence electrons. The minimum atomic E-state index is -0.802. The third-order valence-corrected chi connectivity index (χ3v) is 6.59. The van der Waals surface area contributed by atoms with Crippen LogP contribution in [0.2, 0.25) is 0 Å². The second-order valence-corrected chi connectivity index (χ2v) is 8.92. The summed E-state index contributed by atoms with van der Waals surface area (Å²) in [5, 5.41) is 15.4. The van der Waals surface area contributed by atoms with E-state index in [0.29, 0.717) is 48.3 Å². The number of carbonyl (C=O) groups excluding carboxylic acids is 2. The Morgan fingerprint density at radius 2 is 1.81 bits per heavy atom. The average Bonchev–Trinajstić information content (AvgIpc) is 3.34. The average molecular weight is 494 g/mol. The number of aromatic hydroxyl groups is 1. The highest BCUT2D eigenvalue weighted by Crippen LogP contribution is 2.35. The molecule has 2 atom stereocenters. The van der Waals surface area contributed by atoms with Crippen LogP contribution >= 0.6 is 0 Å². The maximum absolute atomic E-state index is 13.3. The normalized spacial score (nSPS) is 13.9. The predicted molar refractivity (Wildman–Crippen MR) is 136 cm³/mol. The monoisotopic (exact) mass is 493 g/mol. The van der Waals surface area contributed by atoms with Crippen molar-refractivity contribution in [2.75, 3.05) is 13.3 Å². The Morgan fingerprint density at radius 1 is 1.11 bits per heavy atom. The van der Waals surface area contributed by atoms with E-state index in [4.69, 9.17) is 9.47 Å². The van der Waals surface area contributed by atoms with Crippen LogP contribution in [0.4, 0.5) is 0 Å². The molecule has 2 amide bonds. The molecule has 4 rings (SSSR count). The summed E-state index contributed by atoms with van der Waals surface area (Å²) in [5.74, 6) is 0.151. The Hall–Kier alpha value is -4.01. The largest absolute Gasteiger partial charge is 0.508 e. The van der Waals surface area contributed by atoms with E-state index in [9.17, 15) is 19.5 Å². The number of aryl methyl sites for hydroxylation is 1. The van der Waals surface area contributed by atoms with Crippen LogP contribution in [0.15, 0.2) is 47.4 Å². The third kappa shape index (κ3) is 5.15. The highest BCUT2D eigenvalue weighted by Gasteiger charge is 2.28. The second kappa shape index (κ2) is 10.7. The fourth-order valence-corrected chi connectivity index (χ4v) is 4.23. The number of nitrogens with one attached hydrogen (secondary N) is 2. The Kier molecular flexibility index (Phi) is 7.47. The number of phenolic OH excluding ortho intramolecular Hbond substituents is 1. The van der Waals surface area contributed by atoms with Crippen molar-refractivity contribution in [2.24, 2.45) is 5.92 Å². The molecule has 1 aliphatic rings. The fraction of sp³-hybridized carbons (Fsp3) is 0.370. The van der Waals surface area contributed by atoms with E-state index >= 15 is 0 Å². The number of aromatic nitrogens is 1.